The quantitative estimate of drug-likeness (QED) is 0.889. The summed E-state index contributed by atoms with van der Waals surface area (Å²) in [6.07, 6.45) is 2.04. The third-order valence-electron chi connectivity index (χ3n) is 2.13. The van der Waals surface area contributed by atoms with Gasteiger partial charge in [0.25, 0.3) is 0 Å². The average molecular weight is 238 g/mol. The SMILES string of the molecule is CSCc1cc2c(C(=O)O)cccc2s1. The molecule has 0 aliphatic heterocycles. The number of aromatic carboxylic acids is 1. The fourth-order valence-electron chi connectivity index (χ4n) is 1.51. The van der Waals surface area contributed by atoms with Gasteiger partial charge in [0.05, 0.1) is 5.56 Å². The predicted molar refractivity (Wildman–Crippen MR) is 66.0 cm³/mol. The molecule has 4 heteroatoms. The number of fused-ring (bicyclic) bond motifs is 1. The van der Waals surface area contributed by atoms with Gasteiger partial charge in [-0.1, -0.05) is 6.07 Å². The smallest absolute Gasteiger partial charge is 0.336 e. The van der Waals surface area contributed by atoms with Crippen LogP contribution < -0.4 is 0 Å². The Morgan fingerprint density at radius 2 is 2.33 bits per heavy atom. The van der Waals surface area contributed by atoms with Crippen molar-refractivity contribution in [3.8, 4) is 0 Å². The van der Waals surface area contributed by atoms with Crippen LogP contribution in [0.3, 0.4) is 0 Å². The number of hydrogen-bond donors (Lipinski definition) is 1. The Labute approximate surface area is 95.9 Å². The van der Waals surface area contributed by atoms with E-state index in [-0.39, 0.29) is 0 Å². The van der Waals surface area contributed by atoms with Crippen LogP contribution in [0.4, 0.5) is 0 Å². The van der Waals surface area contributed by atoms with Crippen LogP contribution in [0.2, 0.25) is 0 Å². The second-order valence-electron chi connectivity index (χ2n) is 3.17. The van der Waals surface area contributed by atoms with Gasteiger partial charge in [0.2, 0.25) is 0 Å². The van der Waals surface area contributed by atoms with E-state index in [1.54, 1.807) is 35.2 Å². The molecule has 1 aromatic carbocycles. The number of thiophene rings is 1. The number of carboxylic acids is 1. The Bertz CT molecular complexity index is 502. The maximum absolute atomic E-state index is 11.0. The molecule has 1 aromatic heterocycles. The molecule has 0 amide bonds. The zero-order valence-corrected chi connectivity index (χ0v) is 9.82. The summed E-state index contributed by atoms with van der Waals surface area (Å²) >= 11 is 3.42. The molecule has 15 heavy (non-hydrogen) atoms. The fourth-order valence-corrected chi connectivity index (χ4v) is 3.36. The molecule has 0 atom stereocenters. The number of hydrogen-bond acceptors (Lipinski definition) is 3. The van der Waals surface area contributed by atoms with Crippen molar-refractivity contribution in [2.45, 2.75) is 5.75 Å². The van der Waals surface area contributed by atoms with Crippen LogP contribution in [-0.4, -0.2) is 17.3 Å². The average Bonchev–Trinajstić information content (AvgIpc) is 2.59. The maximum Gasteiger partial charge on any atom is 0.336 e. The van der Waals surface area contributed by atoms with E-state index in [1.165, 1.54) is 4.88 Å². The topological polar surface area (TPSA) is 37.3 Å². The van der Waals surface area contributed by atoms with Crippen molar-refractivity contribution in [3.05, 3.63) is 34.7 Å². The van der Waals surface area contributed by atoms with E-state index in [0.717, 1.165) is 15.8 Å². The molecule has 0 radical (unpaired) electrons. The molecule has 0 fully saturated rings. The van der Waals surface area contributed by atoms with E-state index < -0.39 is 5.97 Å². The van der Waals surface area contributed by atoms with Gasteiger partial charge in [-0.15, -0.1) is 11.3 Å². The van der Waals surface area contributed by atoms with E-state index in [4.69, 9.17) is 5.11 Å². The van der Waals surface area contributed by atoms with Crippen LogP contribution >= 0.6 is 23.1 Å². The molecule has 2 aromatic rings. The molecule has 0 aliphatic carbocycles. The zero-order valence-electron chi connectivity index (χ0n) is 8.19. The lowest BCUT2D eigenvalue weighted by atomic mass is 10.1. The van der Waals surface area contributed by atoms with Crippen LogP contribution in [0.15, 0.2) is 24.3 Å². The van der Waals surface area contributed by atoms with E-state index in [0.29, 0.717) is 5.56 Å². The largest absolute Gasteiger partial charge is 0.478 e. The van der Waals surface area contributed by atoms with Crippen LogP contribution in [0.25, 0.3) is 10.1 Å². The summed E-state index contributed by atoms with van der Waals surface area (Å²) in [5.41, 5.74) is 0.399. The molecule has 0 aliphatic rings. The number of carbonyl (C=O) groups is 1. The van der Waals surface area contributed by atoms with Crippen LogP contribution in [0.5, 0.6) is 0 Å². The molecule has 1 heterocycles. The Morgan fingerprint density at radius 3 is 3.00 bits per heavy atom. The van der Waals surface area contributed by atoms with Crippen molar-refractivity contribution in [3.63, 3.8) is 0 Å². The highest BCUT2D eigenvalue weighted by Gasteiger charge is 2.10. The molecule has 0 spiro atoms. The Hall–Kier alpha value is -1.000. The Kier molecular flexibility index (Phi) is 2.98. The molecule has 1 N–H and O–H groups in total. The molecular formula is C11H10O2S2. The predicted octanol–water partition coefficient (Wildman–Crippen LogP) is 3.46. The van der Waals surface area contributed by atoms with Gasteiger partial charge in [-0.2, -0.15) is 11.8 Å². The van der Waals surface area contributed by atoms with Gasteiger partial charge in [0.15, 0.2) is 0 Å². The maximum atomic E-state index is 11.0. The van der Waals surface area contributed by atoms with Gasteiger partial charge < -0.3 is 5.11 Å². The van der Waals surface area contributed by atoms with Crippen LogP contribution in [-0.2, 0) is 5.75 Å². The molecule has 0 saturated carbocycles. The highest BCUT2D eigenvalue weighted by molar-refractivity contribution is 7.97. The van der Waals surface area contributed by atoms with Gasteiger partial charge in [0.1, 0.15) is 0 Å². The van der Waals surface area contributed by atoms with Crippen molar-refractivity contribution >= 4 is 39.2 Å². The Balaban J connectivity index is 2.59. The van der Waals surface area contributed by atoms with Crippen molar-refractivity contribution in [2.24, 2.45) is 0 Å². The lowest BCUT2D eigenvalue weighted by Crippen LogP contribution is -1.95. The summed E-state index contributed by atoms with van der Waals surface area (Å²) in [4.78, 5) is 12.2. The first kappa shape index (κ1) is 10.5. The van der Waals surface area contributed by atoms with Gasteiger partial charge in [-0.05, 0) is 24.5 Å². The van der Waals surface area contributed by atoms with Crippen molar-refractivity contribution in [2.75, 3.05) is 6.26 Å². The van der Waals surface area contributed by atoms with Crippen molar-refractivity contribution in [1.29, 1.82) is 0 Å². The molecule has 0 bridgehead atoms. The molecule has 0 saturated heterocycles. The van der Waals surface area contributed by atoms with E-state index in [9.17, 15) is 4.79 Å². The van der Waals surface area contributed by atoms with Gasteiger partial charge in [-0.3, -0.25) is 0 Å². The van der Waals surface area contributed by atoms with Crippen LogP contribution in [0.1, 0.15) is 15.2 Å². The number of thioether (sulfide) groups is 1. The summed E-state index contributed by atoms with van der Waals surface area (Å²) in [5.74, 6) is 0.0902. The summed E-state index contributed by atoms with van der Waals surface area (Å²) in [7, 11) is 0. The van der Waals surface area contributed by atoms with E-state index >= 15 is 0 Å². The molecule has 2 nitrogen and oxygen atoms in total. The summed E-state index contributed by atoms with van der Waals surface area (Å²) < 4.78 is 1.05. The standard InChI is InChI=1S/C11H10O2S2/c1-14-6-7-5-9-8(11(12)13)3-2-4-10(9)15-7/h2-5H,6H2,1H3,(H,12,13). The van der Waals surface area contributed by atoms with Crippen LogP contribution in [0, 0.1) is 0 Å². The zero-order chi connectivity index (χ0) is 10.8. The van der Waals surface area contributed by atoms with Gasteiger partial charge in [-0.25, -0.2) is 4.79 Å². The molecule has 78 valence electrons. The number of carboxylic acid groups (broad SMARTS) is 1. The van der Waals surface area contributed by atoms with Gasteiger partial charge >= 0.3 is 5.97 Å². The second-order valence-corrected chi connectivity index (χ2v) is 5.20. The number of benzene rings is 1. The van der Waals surface area contributed by atoms with E-state index in [2.05, 4.69) is 0 Å². The molecular weight excluding hydrogens is 228 g/mol. The van der Waals surface area contributed by atoms with Crippen molar-refractivity contribution < 1.29 is 9.90 Å². The number of rotatable bonds is 3. The molecule has 2 rings (SSSR count). The second kappa shape index (κ2) is 4.24. The summed E-state index contributed by atoms with van der Waals surface area (Å²) in [6, 6.07) is 7.40. The summed E-state index contributed by atoms with van der Waals surface area (Å²) in [6.45, 7) is 0. The third kappa shape index (κ3) is 2.01. The van der Waals surface area contributed by atoms with Gasteiger partial charge in [0, 0.05) is 20.7 Å². The Morgan fingerprint density at radius 1 is 1.53 bits per heavy atom. The lowest BCUT2D eigenvalue weighted by molar-refractivity contribution is 0.0699. The normalized spacial score (nSPS) is 10.7. The minimum Gasteiger partial charge on any atom is -0.478 e. The van der Waals surface area contributed by atoms with E-state index in [1.807, 2.05) is 18.4 Å². The van der Waals surface area contributed by atoms with Crippen molar-refractivity contribution in [1.82, 2.24) is 0 Å². The highest BCUT2D eigenvalue weighted by Crippen LogP contribution is 2.30. The first-order valence-corrected chi connectivity index (χ1v) is 6.67. The minimum atomic E-state index is -0.853. The third-order valence-corrected chi connectivity index (χ3v) is 4.01. The first-order valence-electron chi connectivity index (χ1n) is 4.46. The first-order chi connectivity index (χ1) is 7.22. The molecule has 0 unspecified atom stereocenters. The fraction of sp³-hybridized carbons (Fsp3) is 0.182. The summed E-state index contributed by atoms with van der Waals surface area (Å²) in [5, 5.41) is 9.88. The monoisotopic (exact) mass is 238 g/mol. The lowest BCUT2D eigenvalue weighted by Gasteiger charge is -1.94. The minimum absolute atomic E-state index is 0.399. The highest BCUT2D eigenvalue weighted by atomic mass is 32.2.